The fourth-order valence-corrected chi connectivity index (χ4v) is 1.25. The lowest BCUT2D eigenvalue weighted by Crippen LogP contribution is -2.14. The van der Waals surface area contributed by atoms with E-state index in [9.17, 15) is 4.79 Å². The van der Waals surface area contributed by atoms with Crippen molar-refractivity contribution in [3.8, 4) is 5.88 Å². The zero-order chi connectivity index (χ0) is 12.0. The van der Waals surface area contributed by atoms with Crippen molar-refractivity contribution < 1.29 is 9.53 Å². The highest BCUT2D eigenvalue weighted by Crippen LogP contribution is 2.11. The second-order valence-corrected chi connectivity index (χ2v) is 3.59. The summed E-state index contributed by atoms with van der Waals surface area (Å²) >= 11 is 5.49. The third kappa shape index (κ3) is 4.02. The molecule has 88 valence electrons. The van der Waals surface area contributed by atoms with Gasteiger partial charge in [-0.25, -0.2) is 4.98 Å². The third-order valence-electron chi connectivity index (χ3n) is 1.83. The van der Waals surface area contributed by atoms with Crippen molar-refractivity contribution in [2.24, 2.45) is 0 Å². The molecule has 6 heteroatoms. The van der Waals surface area contributed by atoms with Gasteiger partial charge in [0, 0.05) is 24.1 Å². The van der Waals surface area contributed by atoms with E-state index in [1.807, 2.05) is 0 Å². The molecule has 0 bridgehead atoms. The molecule has 0 atom stereocenters. The van der Waals surface area contributed by atoms with Crippen molar-refractivity contribution >= 4 is 23.5 Å². The first kappa shape index (κ1) is 12.7. The summed E-state index contributed by atoms with van der Waals surface area (Å²) in [4.78, 5) is 19.5. The molecule has 1 heterocycles. The number of hydrogen-bond donors (Lipinski definition) is 1. The molecule has 0 saturated carbocycles. The molecule has 5 nitrogen and oxygen atoms in total. The molecule has 0 radical (unpaired) electrons. The normalized spacial score (nSPS) is 9.94. The van der Waals surface area contributed by atoms with Gasteiger partial charge >= 0.3 is 0 Å². The number of rotatable bonds is 5. The number of carbonyl (C=O) groups excluding carboxylic acids is 1. The number of amides is 1. The first-order chi connectivity index (χ1) is 7.65. The average Bonchev–Trinajstić information content (AvgIpc) is 2.25. The van der Waals surface area contributed by atoms with E-state index in [4.69, 9.17) is 16.3 Å². The van der Waals surface area contributed by atoms with Crippen LogP contribution in [0.5, 0.6) is 5.88 Å². The predicted molar refractivity (Wildman–Crippen MR) is 61.9 cm³/mol. The number of aryl methyl sites for hydroxylation is 1. The summed E-state index contributed by atoms with van der Waals surface area (Å²) in [5.74, 6) is 1.01. The molecular formula is C10H14ClN3O2. The number of methoxy groups -OCH3 is 1. The van der Waals surface area contributed by atoms with Gasteiger partial charge in [-0.05, 0) is 13.3 Å². The Kier molecular flexibility index (Phi) is 4.98. The number of aromatic nitrogens is 2. The van der Waals surface area contributed by atoms with Crippen LogP contribution in [0.4, 0.5) is 5.95 Å². The Bertz CT molecular complexity index is 371. The molecule has 1 rings (SSSR count). The van der Waals surface area contributed by atoms with Crippen LogP contribution in [-0.4, -0.2) is 28.9 Å². The summed E-state index contributed by atoms with van der Waals surface area (Å²) in [6.45, 7) is 1.80. The smallest absolute Gasteiger partial charge is 0.232 e. The maximum atomic E-state index is 11.4. The molecule has 0 aliphatic carbocycles. The molecule has 0 aliphatic heterocycles. The minimum Gasteiger partial charge on any atom is -0.481 e. The Morgan fingerprint density at radius 3 is 2.94 bits per heavy atom. The van der Waals surface area contributed by atoms with Crippen molar-refractivity contribution in [3.63, 3.8) is 0 Å². The van der Waals surface area contributed by atoms with Crippen LogP contribution in [0.2, 0.25) is 0 Å². The predicted octanol–water partition coefficient (Wildman–Crippen LogP) is 1.75. The van der Waals surface area contributed by atoms with Crippen LogP contribution in [-0.2, 0) is 4.79 Å². The SMILES string of the molecule is COc1cc(C)nc(NC(=O)CCCCl)n1. The van der Waals surface area contributed by atoms with Gasteiger partial charge < -0.3 is 4.74 Å². The minimum absolute atomic E-state index is 0.145. The maximum absolute atomic E-state index is 11.4. The molecule has 1 aromatic rings. The van der Waals surface area contributed by atoms with E-state index in [1.165, 1.54) is 7.11 Å². The number of alkyl halides is 1. The van der Waals surface area contributed by atoms with E-state index in [-0.39, 0.29) is 11.9 Å². The van der Waals surface area contributed by atoms with E-state index < -0.39 is 0 Å². The lowest BCUT2D eigenvalue weighted by Gasteiger charge is -2.05. The molecule has 1 aromatic heterocycles. The van der Waals surface area contributed by atoms with Gasteiger partial charge in [0.25, 0.3) is 0 Å². The van der Waals surface area contributed by atoms with Crippen molar-refractivity contribution in [2.75, 3.05) is 18.3 Å². The Morgan fingerprint density at radius 1 is 1.56 bits per heavy atom. The number of hydrogen-bond acceptors (Lipinski definition) is 4. The van der Waals surface area contributed by atoms with E-state index in [2.05, 4.69) is 15.3 Å². The average molecular weight is 244 g/mol. The topological polar surface area (TPSA) is 64.1 Å². The van der Waals surface area contributed by atoms with Crippen LogP contribution in [0.3, 0.4) is 0 Å². The lowest BCUT2D eigenvalue weighted by atomic mass is 10.3. The molecule has 0 spiro atoms. The standard InChI is InChI=1S/C10H14ClN3O2/c1-7-6-9(16-2)14-10(12-7)13-8(15)4-3-5-11/h6H,3-5H2,1-2H3,(H,12,13,14,15). The molecule has 0 unspecified atom stereocenters. The molecular weight excluding hydrogens is 230 g/mol. The Morgan fingerprint density at radius 2 is 2.31 bits per heavy atom. The fourth-order valence-electron chi connectivity index (χ4n) is 1.11. The van der Waals surface area contributed by atoms with Crippen LogP contribution < -0.4 is 10.1 Å². The van der Waals surface area contributed by atoms with Gasteiger partial charge in [0.15, 0.2) is 0 Å². The summed E-state index contributed by atoms with van der Waals surface area (Å²) < 4.78 is 4.97. The van der Waals surface area contributed by atoms with Crippen LogP contribution in [0.15, 0.2) is 6.07 Å². The Balaban J connectivity index is 2.65. The molecule has 1 N–H and O–H groups in total. The van der Waals surface area contributed by atoms with Crippen LogP contribution in [0.1, 0.15) is 18.5 Å². The summed E-state index contributed by atoms with van der Waals surface area (Å²) in [6.07, 6.45) is 0.999. The lowest BCUT2D eigenvalue weighted by molar-refractivity contribution is -0.116. The van der Waals surface area contributed by atoms with Crippen molar-refractivity contribution in [2.45, 2.75) is 19.8 Å². The quantitative estimate of drug-likeness (QED) is 0.801. The van der Waals surface area contributed by atoms with Crippen LogP contribution in [0, 0.1) is 6.92 Å². The second-order valence-electron chi connectivity index (χ2n) is 3.22. The van der Waals surface area contributed by atoms with Gasteiger partial charge in [0.2, 0.25) is 17.7 Å². The van der Waals surface area contributed by atoms with Crippen LogP contribution in [0.25, 0.3) is 0 Å². The number of ether oxygens (including phenoxy) is 1. The number of nitrogens with zero attached hydrogens (tertiary/aromatic N) is 2. The van der Waals surface area contributed by atoms with Gasteiger partial charge in [-0.15, -0.1) is 11.6 Å². The largest absolute Gasteiger partial charge is 0.481 e. The minimum atomic E-state index is -0.145. The zero-order valence-electron chi connectivity index (χ0n) is 9.29. The van der Waals surface area contributed by atoms with Gasteiger partial charge in [0.1, 0.15) is 0 Å². The second kappa shape index (κ2) is 6.27. The molecule has 0 saturated heterocycles. The van der Waals surface area contributed by atoms with E-state index in [0.29, 0.717) is 24.6 Å². The summed E-state index contributed by atoms with van der Waals surface area (Å²) in [5, 5.41) is 2.59. The van der Waals surface area contributed by atoms with Crippen molar-refractivity contribution in [1.29, 1.82) is 0 Å². The highest BCUT2D eigenvalue weighted by Gasteiger charge is 2.06. The Labute approximate surface area is 99.2 Å². The van der Waals surface area contributed by atoms with E-state index in [0.717, 1.165) is 5.69 Å². The molecule has 16 heavy (non-hydrogen) atoms. The highest BCUT2D eigenvalue weighted by molar-refractivity contribution is 6.18. The summed E-state index contributed by atoms with van der Waals surface area (Å²) in [6, 6.07) is 1.69. The van der Waals surface area contributed by atoms with E-state index in [1.54, 1.807) is 13.0 Å². The monoisotopic (exact) mass is 243 g/mol. The number of carbonyl (C=O) groups is 1. The Hall–Kier alpha value is -1.36. The number of nitrogens with one attached hydrogen (secondary N) is 1. The zero-order valence-corrected chi connectivity index (χ0v) is 10.0. The first-order valence-corrected chi connectivity index (χ1v) is 5.44. The van der Waals surface area contributed by atoms with Gasteiger partial charge in [-0.1, -0.05) is 0 Å². The molecule has 1 amide bonds. The van der Waals surface area contributed by atoms with Crippen molar-refractivity contribution in [3.05, 3.63) is 11.8 Å². The highest BCUT2D eigenvalue weighted by atomic mass is 35.5. The van der Waals surface area contributed by atoms with Gasteiger partial charge in [-0.3, -0.25) is 10.1 Å². The molecule has 0 aliphatic rings. The van der Waals surface area contributed by atoms with Crippen LogP contribution >= 0.6 is 11.6 Å². The first-order valence-electron chi connectivity index (χ1n) is 4.91. The number of halogens is 1. The molecule has 0 aromatic carbocycles. The van der Waals surface area contributed by atoms with Gasteiger partial charge in [-0.2, -0.15) is 4.98 Å². The van der Waals surface area contributed by atoms with E-state index >= 15 is 0 Å². The van der Waals surface area contributed by atoms with Gasteiger partial charge in [0.05, 0.1) is 7.11 Å². The summed E-state index contributed by atoms with van der Waals surface area (Å²) in [5.41, 5.74) is 0.736. The third-order valence-corrected chi connectivity index (χ3v) is 2.10. The van der Waals surface area contributed by atoms with Crippen molar-refractivity contribution in [1.82, 2.24) is 9.97 Å². The number of anilines is 1. The summed E-state index contributed by atoms with van der Waals surface area (Å²) in [7, 11) is 1.51. The fraction of sp³-hybridized carbons (Fsp3) is 0.500. The molecule has 0 fully saturated rings. The maximum Gasteiger partial charge on any atom is 0.232 e.